The van der Waals surface area contributed by atoms with Gasteiger partial charge in [-0.15, -0.1) is 0 Å². The quantitative estimate of drug-likeness (QED) is 0.408. The predicted molar refractivity (Wildman–Crippen MR) is 54.5 cm³/mol. The van der Waals surface area contributed by atoms with Crippen LogP contribution in [0.2, 0.25) is 0 Å². The molecule has 2 unspecified atom stereocenters. The van der Waals surface area contributed by atoms with E-state index < -0.39 is 7.82 Å². The van der Waals surface area contributed by atoms with Gasteiger partial charge >= 0.3 is 105 Å². The monoisotopic (exact) mass is 234 g/mol. The van der Waals surface area contributed by atoms with Crippen molar-refractivity contribution < 1.29 is 18.2 Å². The molecule has 0 spiro atoms. The van der Waals surface area contributed by atoms with Gasteiger partial charge in [-0.1, -0.05) is 0 Å². The fourth-order valence-corrected chi connectivity index (χ4v) is 0.387. The summed E-state index contributed by atoms with van der Waals surface area (Å²) in [5, 5.41) is 0. The minimum absolute atomic E-state index is 0. The summed E-state index contributed by atoms with van der Waals surface area (Å²) < 4.78 is 17.9. The van der Waals surface area contributed by atoms with Gasteiger partial charge in [0.25, 0.3) is 8.05 Å². The molecule has 0 aromatic carbocycles. The summed E-state index contributed by atoms with van der Waals surface area (Å²) in [7, 11) is -0.972. The van der Waals surface area contributed by atoms with Crippen LogP contribution < -0.4 is 0 Å². The molecule has 0 aliphatic rings. The van der Waals surface area contributed by atoms with Crippen molar-refractivity contribution in [3.8, 4) is 0 Å². The summed E-state index contributed by atoms with van der Waals surface area (Å²) in [6, 6.07) is 0. The van der Waals surface area contributed by atoms with Crippen molar-refractivity contribution in [3.05, 3.63) is 0 Å². The maximum absolute atomic E-state index is 10.0. The van der Waals surface area contributed by atoms with Crippen molar-refractivity contribution in [2.24, 2.45) is 0 Å². The third-order valence-corrected chi connectivity index (χ3v) is 1.89. The van der Waals surface area contributed by atoms with Gasteiger partial charge in [0.1, 0.15) is 0 Å². The molecule has 4 nitrogen and oxygen atoms in total. The van der Waals surface area contributed by atoms with Gasteiger partial charge < -0.3 is 9.33 Å². The van der Waals surface area contributed by atoms with E-state index in [1.807, 2.05) is 0 Å². The Kier molecular flexibility index (Phi) is 30.1. The molecule has 0 bridgehead atoms. The molecule has 0 aliphatic heterocycles. The molecule has 2 atom stereocenters. The zero-order valence-corrected chi connectivity index (χ0v) is 5.75. The fourth-order valence-electron chi connectivity index (χ4n) is 0.0430. The predicted octanol–water partition coefficient (Wildman–Crippen LogP) is -3.02. The molecule has 0 heterocycles. The number of phosphoric acid groups is 1. The Labute approximate surface area is 138 Å². The minimum atomic E-state index is -3.69. The Morgan fingerprint density at radius 2 is 1.80 bits per heavy atom. The average Bonchev–Trinajstić information content (AvgIpc) is 1.68. The molecule has 0 aromatic heterocycles. The second-order valence-electron chi connectivity index (χ2n) is 0.757. The van der Waals surface area contributed by atoms with Crippen LogP contribution in [-0.2, 0) is 13.3 Å². The van der Waals surface area contributed by atoms with Crippen LogP contribution in [0.3, 0.4) is 0 Å². The van der Waals surface area contributed by atoms with Gasteiger partial charge in [0, 0.05) is 9.47 Å². The van der Waals surface area contributed by atoms with Crippen LogP contribution in [0.1, 0.15) is 0 Å². The van der Waals surface area contributed by atoms with Crippen molar-refractivity contribution >= 4 is 123 Å². The second-order valence-corrected chi connectivity index (χ2v) is 2.90. The van der Waals surface area contributed by atoms with Gasteiger partial charge in [-0.3, -0.25) is 4.31 Å². The van der Waals surface area contributed by atoms with E-state index in [1.165, 1.54) is 0 Å². The molecule has 0 saturated heterocycles. The van der Waals surface area contributed by atoms with Crippen molar-refractivity contribution in [2.45, 2.75) is 0 Å². The normalized spacial score (nSPS) is 13.0. The van der Waals surface area contributed by atoms with E-state index >= 15 is 0 Å². The average molecular weight is 235 g/mol. The number of rotatable bonds is 2. The molecular formula is H10BKMg2O4P2. The molecule has 0 radical (unpaired) electrons. The number of hydrogen-bond donors (Lipinski definition) is 1. The zero-order valence-electron chi connectivity index (χ0n) is 3.70. The number of hydrogen-bond acceptors (Lipinski definition) is 3. The summed E-state index contributed by atoms with van der Waals surface area (Å²) >= 11 is 0. The summed E-state index contributed by atoms with van der Waals surface area (Å²) in [6.45, 7) is 0. The molecule has 10 heteroatoms. The van der Waals surface area contributed by atoms with E-state index in [9.17, 15) is 4.57 Å². The zero-order chi connectivity index (χ0) is 5.91. The molecule has 52 valence electrons. The smallest absolute Gasteiger partial charge is 0.316 e. The first-order chi connectivity index (χ1) is 3.12. The Hall–Kier alpha value is 3.77. The largest absolute Gasteiger partial charge is 0.316 e. The van der Waals surface area contributed by atoms with Crippen LogP contribution in [0.4, 0.5) is 0 Å². The van der Waals surface area contributed by atoms with Gasteiger partial charge in [0.15, 0.2) is 0 Å². The maximum atomic E-state index is 10.0. The molecular weight excluding hydrogens is 224 g/mol. The SMILES string of the molecule is BOP(=O)(O)OP.[KH].[MgH2].[MgH2]. The summed E-state index contributed by atoms with van der Waals surface area (Å²) in [6.07, 6.45) is 0. The molecule has 0 rings (SSSR count). The van der Waals surface area contributed by atoms with E-state index in [0.29, 0.717) is 0 Å². The van der Waals surface area contributed by atoms with Gasteiger partial charge in [-0.25, -0.2) is 4.57 Å². The summed E-state index contributed by atoms with van der Waals surface area (Å²) in [4.78, 5) is 8.22. The Morgan fingerprint density at radius 1 is 1.50 bits per heavy atom. The van der Waals surface area contributed by atoms with Crippen molar-refractivity contribution in [1.82, 2.24) is 0 Å². The van der Waals surface area contributed by atoms with Crippen LogP contribution in [0.25, 0.3) is 0 Å². The third-order valence-electron chi connectivity index (χ3n) is 0.364. The summed E-state index contributed by atoms with van der Waals surface area (Å²) in [5.74, 6) is 0. The Balaban J connectivity index is -0.0000000600. The molecule has 1 N–H and O–H groups in total. The first-order valence-electron chi connectivity index (χ1n) is 1.39. The van der Waals surface area contributed by atoms with Crippen molar-refractivity contribution in [1.29, 1.82) is 0 Å². The van der Waals surface area contributed by atoms with Crippen LogP contribution in [0.15, 0.2) is 0 Å². The topological polar surface area (TPSA) is 55.8 Å². The molecule has 0 amide bonds. The van der Waals surface area contributed by atoms with Crippen LogP contribution in [0.5, 0.6) is 0 Å². The van der Waals surface area contributed by atoms with E-state index in [-0.39, 0.29) is 97.5 Å². The standard InChI is InChI=1S/BH5O4P2.K.2Mg.5H/c1-4-7(2,3)5-6;;;;;;;;/h1,6H2,(H,2,3);;;;;;;;. The van der Waals surface area contributed by atoms with Gasteiger partial charge in [-0.05, 0) is 0 Å². The van der Waals surface area contributed by atoms with Crippen LogP contribution >= 0.6 is 17.3 Å². The Bertz CT molecular complexity index is 93.3. The van der Waals surface area contributed by atoms with E-state index in [2.05, 4.69) is 8.75 Å². The van der Waals surface area contributed by atoms with Gasteiger partial charge in [-0.2, -0.15) is 0 Å². The minimum Gasteiger partial charge on any atom is 0.316 e. The van der Waals surface area contributed by atoms with Crippen molar-refractivity contribution in [2.75, 3.05) is 0 Å². The first kappa shape index (κ1) is 23.5. The van der Waals surface area contributed by atoms with Crippen molar-refractivity contribution in [3.63, 3.8) is 0 Å². The van der Waals surface area contributed by atoms with Gasteiger partial charge in [0.2, 0.25) is 0 Å². The molecule has 0 aromatic rings. The van der Waals surface area contributed by atoms with E-state index in [4.69, 9.17) is 4.89 Å². The van der Waals surface area contributed by atoms with E-state index in [1.54, 1.807) is 9.47 Å². The summed E-state index contributed by atoms with van der Waals surface area (Å²) in [5.41, 5.74) is 0. The third kappa shape index (κ3) is 14.3. The molecule has 0 aliphatic carbocycles. The fraction of sp³-hybridized carbons (Fsp3) is 0. The Morgan fingerprint density at radius 3 is 1.80 bits per heavy atom. The first-order valence-corrected chi connectivity index (χ1v) is 3.36. The second kappa shape index (κ2) is 12.8. The molecule has 10 heavy (non-hydrogen) atoms. The van der Waals surface area contributed by atoms with Gasteiger partial charge in [0.05, 0.1) is 0 Å². The van der Waals surface area contributed by atoms with Crippen LogP contribution in [0, 0.1) is 0 Å². The van der Waals surface area contributed by atoms with E-state index in [0.717, 1.165) is 8.05 Å². The molecule has 0 fully saturated rings. The van der Waals surface area contributed by atoms with Crippen LogP contribution in [-0.4, -0.2) is 110 Å². The molecule has 0 saturated carbocycles. The maximum Gasteiger partial charge on any atom is 0.316 e.